The molecule has 2 aliphatic heterocycles. The average Bonchev–Trinajstić information content (AvgIpc) is 3.65. The summed E-state index contributed by atoms with van der Waals surface area (Å²) >= 11 is 0. The van der Waals surface area contributed by atoms with E-state index in [1.54, 1.807) is 0 Å². The topological polar surface area (TPSA) is 44.9 Å². The number of nitrogens with zero attached hydrogens (tertiary/aromatic N) is 1. The van der Waals surface area contributed by atoms with Gasteiger partial charge in [-0.2, -0.15) is 0 Å². The van der Waals surface area contributed by atoms with Crippen LogP contribution in [0.5, 0.6) is 0 Å². The van der Waals surface area contributed by atoms with E-state index in [-0.39, 0.29) is 30.2 Å². The quantitative estimate of drug-likeness (QED) is 0.379. The van der Waals surface area contributed by atoms with Gasteiger partial charge in [0.25, 0.3) is 5.91 Å². The van der Waals surface area contributed by atoms with E-state index >= 15 is 0 Å². The summed E-state index contributed by atoms with van der Waals surface area (Å²) in [6.45, 7) is 11.4. The zero-order valence-corrected chi connectivity index (χ0v) is 22.1. The molecule has 1 N–H and O–H groups in total. The molecule has 0 saturated carbocycles. The Morgan fingerprint density at radius 2 is 1.72 bits per heavy atom. The van der Waals surface area contributed by atoms with Gasteiger partial charge in [0, 0.05) is 23.7 Å². The second-order valence-corrected chi connectivity index (χ2v) is 10.8. The molecule has 2 fully saturated rings. The van der Waals surface area contributed by atoms with Gasteiger partial charge in [-0.1, -0.05) is 68.4 Å². The van der Waals surface area contributed by atoms with Crippen molar-refractivity contribution >= 4 is 11.6 Å². The first kappa shape index (κ1) is 24.6. The highest BCUT2D eigenvalue weighted by atomic mass is 16.6. The number of piperidine rings is 1. The van der Waals surface area contributed by atoms with Crippen LogP contribution in [0.1, 0.15) is 76.8 Å². The van der Waals surface area contributed by atoms with Crippen LogP contribution in [-0.2, 0) is 4.74 Å². The highest BCUT2D eigenvalue weighted by Crippen LogP contribution is 2.46. The first-order chi connectivity index (χ1) is 17.3. The minimum atomic E-state index is -0.0267. The van der Waals surface area contributed by atoms with E-state index in [0.29, 0.717) is 5.92 Å². The summed E-state index contributed by atoms with van der Waals surface area (Å²) in [5.41, 5.74) is 7.75. The van der Waals surface area contributed by atoms with E-state index in [1.165, 1.54) is 11.1 Å². The predicted octanol–water partition coefficient (Wildman–Crippen LogP) is 7.17. The van der Waals surface area contributed by atoms with Crippen LogP contribution in [0.3, 0.4) is 0 Å². The Hall–Kier alpha value is -3.11. The van der Waals surface area contributed by atoms with Crippen LogP contribution >= 0.6 is 0 Å². The van der Waals surface area contributed by atoms with E-state index in [1.807, 2.05) is 13.0 Å². The van der Waals surface area contributed by atoms with Gasteiger partial charge in [-0.25, -0.2) is 0 Å². The van der Waals surface area contributed by atoms with Crippen molar-refractivity contribution in [1.82, 2.24) is 4.90 Å². The fraction of sp³-hybridized carbons (Fsp3) is 0.406. The van der Waals surface area contributed by atoms with Gasteiger partial charge in [0.1, 0.15) is 6.10 Å². The van der Waals surface area contributed by atoms with Gasteiger partial charge in [-0.3, -0.25) is 4.79 Å². The maximum absolute atomic E-state index is 14.1. The maximum atomic E-state index is 14.1. The minimum absolute atomic E-state index is 0.00874. The molecule has 2 saturated heterocycles. The lowest BCUT2D eigenvalue weighted by molar-refractivity contribution is 0.0442. The fourth-order valence-electron chi connectivity index (χ4n) is 5.82. The molecule has 4 nitrogen and oxygen atoms in total. The number of nitrogens with one attached hydrogen (secondary N) is 1. The second kappa shape index (κ2) is 10.1. The summed E-state index contributed by atoms with van der Waals surface area (Å²) in [4.78, 5) is 16.2. The Morgan fingerprint density at radius 1 is 0.972 bits per heavy atom. The molecule has 2 heterocycles. The Labute approximate surface area is 215 Å². The standard InChI is InChI=1S/C32H38N2O2/c1-20(2)25-13-9-14-26(19-25)33-31-30(36-31)27-15-10-18-34(29(27)24-11-7-6-8-12-24)32(35)28-22(4)17-16-21(3)23(28)5/h6-9,11-14,16-17,19-20,27,29-31,33H,10,15,18H2,1-5H3/t27?,29-,30+,31?/m0/s1. The molecular weight excluding hydrogens is 444 g/mol. The number of aryl methyl sites for hydroxylation is 2. The average molecular weight is 483 g/mol. The van der Waals surface area contributed by atoms with Gasteiger partial charge < -0.3 is 15.0 Å². The molecule has 0 aromatic heterocycles. The number of epoxide rings is 1. The Kier molecular flexibility index (Phi) is 6.90. The molecule has 188 valence electrons. The SMILES string of the molecule is Cc1ccc(C)c(C(=O)N2CCCC([C@H]3OC3Nc3cccc(C(C)C)c3)[C@@H]2c2ccccc2)c1C. The Bertz CT molecular complexity index is 1240. The first-order valence-electron chi connectivity index (χ1n) is 13.3. The van der Waals surface area contributed by atoms with Crippen LogP contribution in [0.2, 0.25) is 0 Å². The molecule has 1 amide bonds. The highest BCUT2D eigenvalue weighted by molar-refractivity contribution is 5.97. The summed E-state index contributed by atoms with van der Waals surface area (Å²) in [5, 5.41) is 3.61. The molecular formula is C32H38N2O2. The number of amides is 1. The molecule has 0 spiro atoms. The van der Waals surface area contributed by atoms with Crippen LogP contribution in [0.4, 0.5) is 5.69 Å². The smallest absolute Gasteiger partial charge is 0.254 e. The van der Waals surface area contributed by atoms with E-state index < -0.39 is 0 Å². The fourth-order valence-corrected chi connectivity index (χ4v) is 5.82. The monoisotopic (exact) mass is 482 g/mol. The molecule has 4 atom stereocenters. The number of carbonyl (C=O) groups is 1. The van der Waals surface area contributed by atoms with Crippen LogP contribution in [-0.4, -0.2) is 29.7 Å². The van der Waals surface area contributed by atoms with Gasteiger partial charge in [0.15, 0.2) is 6.23 Å². The lowest BCUT2D eigenvalue weighted by atomic mass is 9.81. The van der Waals surface area contributed by atoms with Gasteiger partial charge in [-0.05, 0) is 79.5 Å². The van der Waals surface area contributed by atoms with Crippen molar-refractivity contribution in [3.05, 3.63) is 100 Å². The van der Waals surface area contributed by atoms with Gasteiger partial charge in [0.05, 0.1) is 6.04 Å². The lowest BCUT2D eigenvalue weighted by Crippen LogP contribution is -2.45. The zero-order chi connectivity index (χ0) is 25.4. The zero-order valence-electron chi connectivity index (χ0n) is 22.1. The van der Waals surface area contributed by atoms with Crippen molar-refractivity contribution in [2.45, 2.75) is 71.8 Å². The van der Waals surface area contributed by atoms with Crippen molar-refractivity contribution in [3.8, 4) is 0 Å². The summed E-state index contributed by atoms with van der Waals surface area (Å²) in [6, 6.07) is 23.3. The van der Waals surface area contributed by atoms with Crippen molar-refractivity contribution in [2.24, 2.45) is 5.92 Å². The summed E-state index contributed by atoms with van der Waals surface area (Å²) in [5.74, 6) is 0.861. The molecule has 3 aromatic rings. The number of carbonyl (C=O) groups excluding carboxylic acids is 1. The van der Waals surface area contributed by atoms with Crippen molar-refractivity contribution in [1.29, 1.82) is 0 Å². The highest BCUT2D eigenvalue weighted by Gasteiger charge is 2.51. The molecule has 5 rings (SSSR count). The van der Waals surface area contributed by atoms with Crippen molar-refractivity contribution < 1.29 is 9.53 Å². The Morgan fingerprint density at radius 3 is 2.47 bits per heavy atom. The number of ether oxygens (including phenoxy) is 1. The molecule has 0 radical (unpaired) electrons. The second-order valence-electron chi connectivity index (χ2n) is 10.8. The third kappa shape index (κ3) is 4.79. The molecule has 4 heteroatoms. The number of hydrogen-bond acceptors (Lipinski definition) is 3. The number of rotatable bonds is 6. The van der Waals surface area contributed by atoms with E-state index in [4.69, 9.17) is 4.74 Å². The number of benzene rings is 3. The summed E-state index contributed by atoms with van der Waals surface area (Å²) in [7, 11) is 0. The lowest BCUT2D eigenvalue weighted by Gasteiger charge is -2.42. The molecule has 2 unspecified atom stereocenters. The number of hydrogen-bond donors (Lipinski definition) is 1. The molecule has 0 aliphatic carbocycles. The normalized spacial score (nSPS) is 23.6. The van der Waals surface area contributed by atoms with Gasteiger partial charge >= 0.3 is 0 Å². The minimum Gasteiger partial charge on any atom is -0.358 e. The molecule has 0 bridgehead atoms. The molecule has 3 aromatic carbocycles. The van der Waals surface area contributed by atoms with Crippen LogP contribution in [0.15, 0.2) is 66.7 Å². The largest absolute Gasteiger partial charge is 0.358 e. The van der Waals surface area contributed by atoms with E-state index in [0.717, 1.165) is 47.3 Å². The molecule has 2 aliphatic rings. The van der Waals surface area contributed by atoms with Crippen LogP contribution in [0.25, 0.3) is 0 Å². The van der Waals surface area contributed by atoms with Crippen LogP contribution < -0.4 is 5.32 Å². The predicted molar refractivity (Wildman–Crippen MR) is 146 cm³/mol. The first-order valence-corrected chi connectivity index (χ1v) is 13.3. The van der Waals surface area contributed by atoms with E-state index in [2.05, 4.69) is 98.6 Å². The molecule has 36 heavy (non-hydrogen) atoms. The van der Waals surface area contributed by atoms with Crippen molar-refractivity contribution in [2.75, 3.05) is 11.9 Å². The summed E-state index contributed by atoms with van der Waals surface area (Å²) < 4.78 is 6.26. The summed E-state index contributed by atoms with van der Waals surface area (Å²) in [6.07, 6.45) is 2.08. The van der Waals surface area contributed by atoms with Gasteiger partial charge in [-0.15, -0.1) is 0 Å². The number of anilines is 1. The number of likely N-dealkylation sites (tertiary alicyclic amines) is 1. The van der Waals surface area contributed by atoms with Gasteiger partial charge in [0.2, 0.25) is 0 Å². The van der Waals surface area contributed by atoms with Crippen molar-refractivity contribution in [3.63, 3.8) is 0 Å². The van der Waals surface area contributed by atoms with E-state index in [9.17, 15) is 4.79 Å². The Balaban J connectivity index is 1.43. The third-order valence-electron chi connectivity index (χ3n) is 8.05. The maximum Gasteiger partial charge on any atom is 0.254 e. The van der Waals surface area contributed by atoms with Crippen LogP contribution in [0, 0.1) is 26.7 Å². The third-order valence-corrected chi connectivity index (χ3v) is 8.05.